The molecule has 2 rings (SSSR count). The maximum Gasteiger partial charge on any atom is 0.331 e. The fourth-order valence-corrected chi connectivity index (χ4v) is 2.63. The minimum atomic E-state index is -3.76. The first-order valence-corrected chi connectivity index (χ1v) is 7.44. The van der Waals surface area contributed by atoms with Crippen LogP contribution in [0.3, 0.4) is 0 Å². The van der Waals surface area contributed by atoms with Crippen molar-refractivity contribution >= 4 is 18.0 Å². The number of hydrogen-bond donors (Lipinski definition) is 2. The Hall–Kier alpha value is -2.27. The molecule has 0 radical (unpaired) electrons. The fourth-order valence-electron chi connectivity index (χ4n) is 2.63. The average Bonchev–Trinajstić information content (AvgIpc) is 2.70. The van der Waals surface area contributed by atoms with Gasteiger partial charge in [0.05, 0.1) is 6.17 Å². The van der Waals surface area contributed by atoms with E-state index in [0.29, 0.717) is 4.90 Å². The van der Waals surface area contributed by atoms with Crippen LogP contribution in [0, 0.1) is 0 Å². The van der Waals surface area contributed by atoms with Gasteiger partial charge in [-0.05, 0) is 13.0 Å². The summed E-state index contributed by atoms with van der Waals surface area (Å²) in [5.41, 5.74) is 5.48. The standard InChI is InChI=1S/C14H19F2N3O6/c1-6(23-7(2)20)10-11(24-8(3)21)14(15,16)12(25-10)19-5-4-9(17)18-13(19)22/h4-6,9-12H,17H2,1-3H3,(H,18,22)/t6-,9?,10+,11+,12+/m0/s1. The lowest BCUT2D eigenvalue weighted by Gasteiger charge is -2.32. The highest BCUT2D eigenvalue weighted by Gasteiger charge is 2.65. The molecular formula is C14H19F2N3O6. The van der Waals surface area contributed by atoms with Crippen molar-refractivity contribution in [2.45, 2.75) is 57.4 Å². The summed E-state index contributed by atoms with van der Waals surface area (Å²) in [6.45, 7) is 3.39. The number of nitrogens with zero attached hydrogens (tertiary/aromatic N) is 1. The minimum Gasteiger partial charge on any atom is -0.460 e. The van der Waals surface area contributed by atoms with Gasteiger partial charge in [0, 0.05) is 20.0 Å². The molecule has 25 heavy (non-hydrogen) atoms. The van der Waals surface area contributed by atoms with Gasteiger partial charge in [0.1, 0.15) is 12.2 Å². The Morgan fingerprint density at radius 3 is 2.56 bits per heavy atom. The number of alkyl halides is 2. The quantitative estimate of drug-likeness (QED) is 0.677. The Bertz CT molecular complexity index is 599. The fraction of sp³-hybridized carbons (Fsp3) is 0.643. The van der Waals surface area contributed by atoms with E-state index < -0.39 is 54.6 Å². The summed E-state index contributed by atoms with van der Waals surface area (Å²) < 4.78 is 44.5. The van der Waals surface area contributed by atoms with Crippen LogP contribution in [0.25, 0.3) is 0 Å². The van der Waals surface area contributed by atoms with Crippen LogP contribution in [0.4, 0.5) is 13.6 Å². The molecule has 9 nitrogen and oxygen atoms in total. The van der Waals surface area contributed by atoms with Crippen molar-refractivity contribution in [1.29, 1.82) is 0 Å². The van der Waals surface area contributed by atoms with Crippen LogP contribution in [-0.2, 0) is 23.8 Å². The highest BCUT2D eigenvalue weighted by atomic mass is 19.3. The van der Waals surface area contributed by atoms with Gasteiger partial charge in [-0.2, -0.15) is 8.78 Å². The Morgan fingerprint density at radius 1 is 1.40 bits per heavy atom. The number of carbonyl (C=O) groups is 3. The zero-order valence-corrected chi connectivity index (χ0v) is 13.8. The SMILES string of the molecule is CC(=O)O[C@@H](C)[C@H]1O[C@@H](N2C=CC(N)NC2=O)C(F)(F)[C@@H]1OC(C)=O. The van der Waals surface area contributed by atoms with Crippen LogP contribution >= 0.6 is 0 Å². The largest absolute Gasteiger partial charge is 0.460 e. The molecule has 5 atom stereocenters. The van der Waals surface area contributed by atoms with Gasteiger partial charge < -0.3 is 25.3 Å². The van der Waals surface area contributed by atoms with Crippen LogP contribution in [0.1, 0.15) is 20.8 Å². The van der Waals surface area contributed by atoms with E-state index >= 15 is 0 Å². The minimum absolute atomic E-state index is 0.611. The van der Waals surface area contributed by atoms with E-state index in [4.69, 9.17) is 19.9 Å². The van der Waals surface area contributed by atoms with Gasteiger partial charge >= 0.3 is 23.9 Å². The lowest BCUT2D eigenvalue weighted by molar-refractivity contribution is -0.176. The van der Waals surface area contributed by atoms with Crippen LogP contribution in [0.5, 0.6) is 0 Å². The second-order valence-electron chi connectivity index (χ2n) is 5.70. The Morgan fingerprint density at radius 2 is 2.04 bits per heavy atom. The molecule has 0 aromatic heterocycles. The number of ether oxygens (including phenoxy) is 3. The monoisotopic (exact) mass is 363 g/mol. The molecule has 0 aromatic rings. The number of rotatable bonds is 4. The first-order valence-electron chi connectivity index (χ1n) is 7.44. The van der Waals surface area contributed by atoms with Crippen LogP contribution in [0.2, 0.25) is 0 Å². The molecule has 0 aromatic carbocycles. The summed E-state index contributed by atoms with van der Waals surface area (Å²) in [6.07, 6.45) is -5.19. The topological polar surface area (TPSA) is 120 Å². The van der Waals surface area contributed by atoms with Gasteiger partial charge in [0.15, 0.2) is 6.10 Å². The van der Waals surface area contributed by atoms with Crippen molar-refractivity contribution in [2.75, 3.05) is 0 Å². The third-order valence-corrected chi connectivity index (χ3v) is 3.63. The first-order chi connectivity index (χ1) is 11.5. The number of urea groups is 1. The van der Waals surface area contributed by atoms with Gasteiger partial charge in [-0.1, -0.05) is 0 Å². The molecule has 2 amide bonds. The summed E-state index contributed by atoms with van der Waals surface area (Å²) in [7, 11) is 0. The van der Waals surface area contributed by atoms with Crippen molar-refractivity contribution < 1.29 is 37.4 Å². The second kappa shape index (κ2) is 6.92. The third kappa shape index (κ3) is 3.87. The van der Waals surface area contributed by atoms with Gasteiger partial charge in [-0.25, -0.2) is 4.79 Å². The highest BCUT2D eigenvalue weighted by Crippen LogP contribution is 2.42. The van der Waals surface area contributed by atoms with Crippen molar-refractivity contribution in [3.05, 3.63) is 12.3 Å². The Kier molecular flexibility index (Phi) is 5.28. The number of amides is 2. The summed E-state index contributed by atoms with van der Waals surface area (Å²) in [5.74, 6) is -5.44. The predicted molar refractivity (Wildman–Crippen MR) is 77.9 cm³/mol. The molecule has 0 bridgehead atoms. The molecule has 1 fully saturated rings. The van der Waals surface area contributed by atoms with E-state index in [2.05, 4.69) is 5.32 Å². The molecule has 0 spiro atoms. The van der Waals surface area contributed by atoms with E-state index in [-0.39, 0.29) is 0 Å². The highest BCUT2D eigenvalue weighted by molar-refractivity contribution is 5.77. The summed E-state index contributed by atoms with van der Waals surface area (Å²) in [4.78, 5) is 34.9. The lowest BCUT2D eigenvalue weighted by Crippen LogP contribution is -2.57. The molecule has 1 unspecified atom stereocenters. The number of hydrogen-bond acceptors (Lipinski definition) is 7. The predicted octanol–water partition coefficient (Wildman–Crippen LogP) is 0.0536. The van der Waals surface area contributed by atoms with E-state index in [0.717, 1.165) is 20.0 Å². The number of halogens is 2. The Balaban J connectivity index is 2.32. The number of nitrogens with one attached hydrogen (secondary N) is 1. The molecule has 3 N–H and O–H groups in total. The average molecular weight is 363 g/mol. The normalized spacial score (nSPS) is 32.1. The van der Waals surface area contributed by atoms with Crippen LogP contribution in [0.15, 0.2) is 12.3 Å². The number of nitrogens with two attached hydrogens (primary N) is 1. The van der Waals surface area contributed by atoms with Crippen molar-refractivity contribution in [3.63, 3.8) is 0 Å². The Labute approximate surface area is 142 Å². The molecule has 140 valence electrons. The summed E-state index contributed by atoms with van der Waals surface area (Å²) >= 11 is 0. The molecule has 2 heterocycles. The zero-order chi connectivity index (χ0) is 18.9. The molecular weight excluding hydrogens is 344 g/mol. The van der Waals surface area contributed by atoms with E-state index in [9.17, 15) is 23.2 Å². The molecule has 2 aliphatic heterocycles. The van der Waals surface area contributed by atoms with Gasteiger partial charge in [0.2, 0.25) is 6.23 Å². The lowest BCUT2D eigenvalue weighted by atomic mass is 10.0. The van der Waals surface area contributed by atoms with E-state index in [1.54, 1.807) is 0 Å². The van der Waals surface area contributed by atoms with Gasteiger partial charge in [-0.3, -0.25) is 14.5 Å². The third-order valence-electron chi connectivity index (χ3n) is 3.63. The van der Waals surface area contributed by atoms with E-state index in [1.807, 2.05) is 0 Å². The zero-order valence-electron chi connectivity index (χ0n) is 13.8. The van der Waals surface area contributed by atoms with Crippen molar-refractivity contribution in [3.8, 4) is 0 Å². The first kappa shape index (κ1) is 19.1. The second-order valence-corrected chi connectivity index (χ2v) is 5.70. The molecule has 2 aliphatic rings. The van der Waals surface area contributed by atoms with Gasteiger partial charge in [0.25, 0.3) is 0 Å². The molecule has 0 saturated carbocycles. The molecule has 1 saturated heterocycles. The van der Waals surface area contributed by atoms with Crippen molar-refractivity contribution in [1.82, 2.24) is 10.2 Å². The van der Waals surface area contributed by atoms with Crippen molar-refractivity contribution in [2.24, 2.45) is 5.73 Å². The molecule has 11 heteroatoms. The maximum absolute atomic E-state index is 14.8. The smallest absolute Gasteiger partial charge is 0.331 e. The summed E-state index contributed by atoms with van der Waals surface area (Å²) in [5, 5.41) is 2.25. The molecule has 0 aliphatic carbocycles. The van der Waals surface area contributed by atoms with Crippen LogP contribution in [-0.4, -0.2) is 59.5 Å². The van der Waals surface area contributed by atoms with E-state index in [1.165, 1.54) is 13.0 Å². The number of esters is 2. The maximum atomic E-state index is 14.8. The number of carbonyl (C=O) groups excluding carboxylic acids is 3. The van der Waals surface area contributed by atoms with Crippen LogP contribution < -0.4 is 11.1 Å². The summed E-state index contributed by atoms with van der Waals surface area (Å²) in [6, 6.07) is -0.901. The van der Waals surface area contributed by atoms with Gasteiger partial charge in [-0.15, -0.1) is 0 Å².